The van der Waals surface area contributed by atoms with E-state index >= 15 is 0 Å². The van der Waals surface area contributed by atoms with Gasteiger partial charge in [0.25, 0.3) is 0 Å². The minimum Gasteiger partial charge on any atom is -0.320 e. The molecule has 0 saturated heterocycles. The van der Waals surface area contributed by atoms with E-state index in [9.17, 15) is 12.8 Å². The Labute approximate surface area is 169 Å². The van der Waals surface area contributed by atoms with Crippen LogP contribution in [0.2, 0.25) is 5.02 Å². The molecular formula is C16H14BrClFN3O2S2. The second kappa shape index (κ2) is 8.01. The molecule has 3 aromatic rings. The lowest BCUT2D eigenvalue weighted by Crippen LogP contribution is -2.13. The van der Waals surface area contributed by atoms with Crippen LogP contribution >= 0.6 is 39.9 Å². The summed E-state index contributed by atoms with van der Waals surface area (Å²) in [6.45, 7) is 0. The average Bonchev–Trinajstić information content (AvgIpc) is 2.90. The molecule has 0 atom stereocenters. The van der Waals surface area contributed by atoms with Gasteiger partial charge in [0.1, 0.15) is 10.7 Å². The lowest BCUT2D eigenvalue weighted by atomic mass is 10.2. The molecule has 0 spiro atoms. The Balaban J connectivity index is 0.00000243. The van der Waals surface area contributed by atoms with Gasteiger partial charge in [-0.15, -0.1) is 28.3 Å². The van der Waals surface area contributed by atoms with Crippen LogP contribution in [-0.2, 0) is 17.1 Å². The summed E-state index contributed by atoms with van der Waals surface area (Å²) in [5, 5.41) is 7.11. The molecule has 0 fully saturated rings. The molecule has 0 bridgehead atoms. The molecule has 3 rings (SSSR count). The van der Waals surface area contributed by atoms with Gasteiger partial charge >= 0.3 is 0 Å². The maximum Gasteiger partial charge on any atom is 0.239 e. The van der Waals surface area contributed by atoms with Crippen molar-refractivity contribution in [3.05, 3.63) is 63.5 Å². The molecule has 0 unspecified atom stereocenters. The van der Waals surface area contributed by atoms with Crippen molar-refractivity contribution in [3.63, 3.8) is 0 Å². The van der Waals surface area contributed by atoms with E-state index in [4.69, 9.17) is 16.7 Å². The largest absolute Gasteiger partial charge is 0.320 e. The normalized spacial score (nSPS) is 12.1. The van der Waals surface area contributed by atoms with Gasteiger partial charge in [0.05, 0.1) is 16.4 Å². The van der Waals surface area contributed by atoms with E-state index in [1.165, 1.54) is 35.6 Å². The van der Waals surface area contributed by atoms with Crippen molar-refractivity contribution in [1.29, 1.82) is 0 Å². The van der Waals surface area contributed by atoms with Gasteiger partial charge in [-0.2, -0.15) is 0 Å². The number of sulfonamides is 1. The van der Waals surface area contributed by atoms with Gasteiger partial charge in [-0.1, -0.05) is 17.7 Å². The summed E-state index contributed by atoms with van der Waals surface area (Å²) in [6, 6.07) is 10.5. The van der Waals surface area contributed by atoms with Gasteiger partial charge in [-0.25, -0.2) is 22.9 Å². The zero-order chi connectivity index (χ0) is 18.2. The quantitative estimate of drug-likeness (QED) is 0.617. The Hall–Kier alpha value is -1.52. The van der Waals surface area contributed by atoms with Crippen molar-refractivity contribution < 1.29 is 12.8 Å². The molecule has 1 heterocycles. The molecule has 5 nitrogen and oxygen atoms in total. The molecule has 10 heteroatoms. The first-order chi connectivity index (χ1) is 11.8. The van der Waals surface area contributed by atoms with Gasteiger partial charge in [0.15, 0.2) is 4.80 Å². The van der Waals surface area contributed by atoms with Crippen molar-refractivity contribution >= 4 is 55.6 Å². The van der Waals surface area contributed by atoms with E-state index in [0.29, 0.717) is 16.1 Å². The predicted molar refractivity (Wildman–Crippen MR) is 107 cm³/mol. The molecule has 1 aromatic heterocycles. The number of thiazole rings is 1. The van der Waals surface area contributed by atoms with Crippen LogP contribution in [-0.4, -0.2) is 13.0 Å². The summed E-state index contributed by atoms with van der Waals surface area (Å²) >= 11 is 7.30. The number of aromatic nitrogens is 1. The molecule has 0 amide bonds. The van der Waals surface area contributed by atoms with Gasteiger partial charge < -0.3 is 4.57 Å². The van der Waals surface area contributed by atoms with Crippen LogP contribution in [0.15, 0.2) is 57.7 Å². The summed E-state index contributed by atoms with van der Waals surface area (Å²) in [5.74, 6) is -0.327. The summed E-state index contributed by atoms with van der Waals surface area (Å²) in [6.07, 6.45) is 0. The number of benzene rings is 2. The zero-order valence-electron chi connectivity index (χ0n) is 13.4. The fraction of sp³-hybridized carbons (Fsp3) is 0.0625. The van der Waals surface area contributed by atoms with Crippen molar-refractivity contribution in [2.24, 2.45) is 17.2 Å². The molecule has 26 heavy (non-hydrogen) atoms. The smallest absolute Gasteiger partial charge is 0.239 e. The zero-order valence-corrected chi connectivity index (χ0v) is 17.5. The molecule has 138 valence electrons. The van der Waals surface area contributed by atoms with Crippen LogP contribution in [0.1, 0.15) is 0 Å². The molecule has 2 N–H and O–H groups in total. The summed E-state index contributed by atoms with van der Waals surface area (Å²) < 4.78 is 38.1. The third kappa shape index (κ3) is 4.41. The fourth-order valence-corrected chi connectivity index (χ4v) is 4.24. The summed E-state index contributed by atoms with van der Waals surface area (Å²) in [7, 11) is -2.11. The lowest BCUT2D eigenvalue weighted by molar-refractivity contribution is 0.598. The Morgan fingerprint density at radius 3 is 2.46 bits per heavy atom. The van der Waals surface area contributed by atoms with E-state index in [0.717, 1.165) is 5.69 Å². The first-order valence-corrected chi connectivity index (χ1v) is 9.83. The number of nitrogens with two attached hydrogens (primary N) is 1. The van der Waals surface area contributed by atoms with Crippen molar-refractivity contribution in [3.8, 4) is 11.3 Å². The lowest BCUT2D eigenvalue weighted by Gasteiger charge is -2.07. The standard InChI is InChI=1S/C16H13ClFN3O2S2.BrH/c1-21-14(10-2-7-13(17)15(8-10)25(19,22)23)9-24-16(21)20-12-5-3-11(18)4-6-12;/h2-9H,1H3,(H2,19,22,23);1H. The van der Waals surface area contributed by atoms with Crippen LogP contribution in [0, 0.1) is 5.82 Å². The maximum atomic E-state index is 13.0. The molecule has 0 saturated carbocycles. The summed E-state index contributed by atoms with van der Waals surface area (Å²) in [5.41, 5.74) is 2.02. The van der Waals surface area contributed by atoms with Crippen molar-refractivity contribution in [2.45, 2.75) is 4.90 Å². The SMILES string of the molecule is Br.Cn1c(-c2ccc(Cl)c(S(N)(=O)=O)c2)csc1=Nc1ccc(F)cc1. The number of nitrogens with zero attached hydrogens (tertiary/aromatic N) is 2. The average molecular weight is 479 g/mol. The van der Waals surface area contributed by atoms with Crippen LogP contribution in [0.3, 0.4) is 0 Å². The Kier molecular flexibility index (Phi) is 6.41. The maximum absolute atomic E-state index is 13.0. The van der Waals surface area contributed by atoms with Gasteiger partial charge in [0, 0.05) is 18.0 Å². The first kappa shape index (κ1) is 20.8. The van der Waals surface area contributed by atoms with Crippen LogP contribution < -0.4 is 9.94 Å². The predicted octanol–water partition coefficient (Wildman–Crippen LogP) is 4.00. The highest BCUT2D eigenvalue weighted by Crippen LogP contribution is 2.27. The van der Waals surface area contributed by atoms with Crippen LogP contribution in [0.4, 0.5) is 10.1 Å². The molecule has 0 aliphatic carbocycles. The fourth-order valence-electron chi connectivity index (χ4n) is 2.24. The summed E-state index contributed by atoms with van der Waals surface area (Å²) in [4.78, 5) is 5.01. The van der Waals surface area contributed by atoms with Gasteiger partial charge in [-0.3, -0.25) is 0 Å². The van der Waals surface area contributed by atoms with E-state index in [1.807, 2.05) is 9.95 Å². The molecular weight excluding hydrogens is 465 g/mol. The minimum atomic E-state index is -3.92. The van der Waals surface area contributed by atoms with Crippen LogP contribution in [0.5, 0.6) is 0 Å². The van der Waals surface area contributed by atoms with Gasteiger partial charge in [0.2, 0.25) is 10.0 Å². The number of hydrogen-bond acceptors (Lipinski definition) is 4. The number of hydrogen-bond donors (Lipinski definition) is 1. The van der Waals surface area contributed by atoms with Crippen LogP contribution in [0.25, 0.3) is 11.3 Å². The van der Waals surface area contributed by atoms with Gasteiger partial charge in [-0.05, 0) is 36.4 Å². The third-order valence-corrected chi connectivity index (χ3v) is 5.82. The minimum absolute atomic E-state index is 0. The second-order valence-corrected chi connectivity index (χ2v) is 8.01. The Morgan fingerprint density at radius 2 is 1.85 bits per heavy atom. The first-order valence-electron chi connectivity index (χ1n) is 7.03. The number of halogens is 3. The highest BCUT2D eigenvalue weighted by molar-refractivity contribution is 8.93. The van der Waals surface area contributed by atoms with E-state index in [-0.39, 0.29) is 32.7 Å². The van der Waals surface area contributed by atoms with Crippen molar-refractivity contribution in [1.82, 2.24) is 4.57 Å². The molecule has 0 aliphatic rings. The third-order valence-electron chi connectivity index (χ3n) is 3.51. The van der Waals surface area contributed by atoms with E-state index in [1.54, 1.807) is 25.2 Å². The highest BCUT2D eigenvalue weighted by atomic mass is 79.9. The van der Waals surface area contributed by atoms with Crippen molar-refractivity contribution in [2.75, 3.05) is 0 Å². The number of primary sulfonamides is 1. The number of rotatable bonds is 3. The van der Waals surface area contributed by atoms with E-state index in [2.05, 4.69) is 4.99 Å². The molecule has 0 radical (unpaired) electrons. The topological polar surface area (TPSA) is 77.5 Å². The second-order valence-electron chi connectivity index (χ2n) is 5.24. The molecule has 0 aliphatic heterocycles. The Morgan fingerprint density at radius 1 is 1.19 bits per heavy atom. The molecule has 2 aromatic carbocycles. The monoisotopic (exact) mass is 477 g/mol. The Bertz CT molecular complexity index is 1110. The highest BCUT2D eigenvalue weighted by Gasteiger charge is 2.15. The van der Waals surface area contributed by atoms with E-state index < -0.39 is 10.0 Å².